The Balaban J connectivity index is 2.88. The van der Waals surface area contributed by atoms with Crippen LogP contribution in [0.3, 0.4) is 0 Å². The third-order valence-corrected chi connectivity index (χ3v) is 4.04. The van der Waals surface area contributed by atoms with Gasteiger partial charge in [-0.3, -0.25) is 4.79 Å². The zero-order chi connectivity index (χ0) is 15.7. The van der Waals surface area contributed by atoms with Gasteiger partial charge in [0.1, 0.15) is 5.41 Å². The maximum atomic E-state index is 12.3. The van der Waals surface area contributed by atoms with Gasteiger partial charge in [-0.25, -0.2) is 0 Å². The Hall–Kier alpha value is -1.39. The van der Waals surface area contributed by atoms with Crippen LogP contribution in [0.5, 0.6) is 0 Å². The number of benzene rings is 1. The summed E-state index contributed by atoms with van der Waals surface area (Å²) in [6.45, 7) is 2.47. The number of aliphatic hydroxyl groups excluding tert-OH is 1. The highest BCUT2D eigenvalue weighted by molar-refractivity contribution is 5.83. The first-order chi connectivity index (χ1) is 10.1. The summed E-state index contributed by atoms with van der Waals surface area (Å²) in [6.07, 6.45) is 4.31. The summed E-state index contributed by atoms with van der Waals surface area (Å²) in [7, 11) is 1.41. The number of esters is 1. The molecule has 0 bridgehead atoms. The summed E-state index contributed by atoms with van der Waals surface area (Å²) < 4.78 is 5.01. The highest BCUT2D eigenvalue weighted by Gasteiger charge is 2.39. The lowest BCUT2D eigenvalue weighted by Gasteiger charge is -2.30. The summed E-state index contributed by atoms with van der Waals surface area (Å²) >= 11 is 0. The molecule has 0 aliphatic heterocycles. The van der Waals surface area contributed by atoms with Gasteiger partial charge in [-0.1, -0.05) is 49.1 Å². The second-order valence-electron chi connectivity index (χ2n) is 5.53. The largest absolute Gasteiger partial charge is 0.468 e. The Morgan fingerprint density at radius 1 is 1.19 bits per heavy atom. The van der Waals surface area contributed by atoms with E-state index in [0.717, 1.165) is 36.8 Å². The van der Waals surface area contributed by atoms with Gasteiger partial charge in [0, 0.05) is 13.2 Å². The van der Waals surface area contributed by atoms with E-state index in [0.29, 0.717) is 6.42 Å². The third-order valence-electron chi connectivity index (χ3n) is 4.04. The average molecular weight is 293 g/mol. The molecular formula is C17H27NO3. The van der Waals surface area contributed by atoms with Crippen molar-refractivity contribution >= 4 is 5.97 Å². The topological polar surface area (TPSA) is 72.5 Å². The fourth-order valence-electron chi connectivity index (χ4n) is 2.63. The standard InChI is InChI=1S/C17H27NO3/c1-14-7-9-15(10-8-14)17(13-18,16(20)21-2)11-5-3-4-6-12-19/h7-10,19H,3-6,11-13,18H2,1-2H3. The monoisotopic (exact) mass is 293 g/mol. The Bertz CT molecular complexity index is 430. The van der Waals surface area contributed by atoms with Crippen LogP contribution >= 0.6 is 0 Å². The normalized spacial score (nSPS) is 13.7. The number of aryl methyl sites for hydroxylation is 1. The molecule has 1 aromatic rings. The molecule has 0 aliphatic rings. The number of unbranched alkanes of at least 4 members (excludes halogenated alkanes) is 3. The summed E-state index contributed by atoms with van der Waals surface area (Å²) in [5, 5.41) is 8.81. The Morgan fingerprint density at radius 3 is 2.33 bits per heavy atom. The maximum absolute atomic E-state index is 12.3. The Kier molecular flexibility index (Phi) is 7.40. The van der Waals surface area contributed by atoms with Gasteiger partial charge >= 0.3 is 5.97 Å². The number of aliphatic hydroxyl groups is 1. The predicted octanol–water partition coefficient (Wildman–Crippen LogP) is 2.31. The molecule has 4 nitrogen and oxygen atoms in total. The van der Waals surface area contributed by atoms with E-state index in [-0.39, 0.29) is 19.1 Å². The van der Waals surface area contributed by atoms with Gasteiger partial charge in [0.2, 0.25) is 0 Å². The Labute approximate surface area is 127 Å². The molecule has 3 N–H and O–H groups in total. The van der Waals surface area contributed by atoms with E-state index >= 15 is 0 Å². The fraction of sp³-hybridized carbons (Fsp3) is 0.588. The van der Waals surface area contributed by atoms with E-state index in [9.17, 15) is 4.79 Å². The number of nitrogens with two attached hydrogens (primary N) is 1. The fourth-order valence-corrected chi connectivity index (χ4v) is 2.63. The van der Waals surface area contributed by atoms with Crippen molar-refractivity contribution in [2.75, 3.05) is 20.3 Å². The van der Waals surface area contributed by atoms with Crippen molar-refractivity contribution < 1.29 is 14.6 Å². The molecule has 4 heteroatoms. The van der Waals surface area contributed by atoms with Crippen molar-refractivity contribution in [2.24, 2.45) is 5.73 Å². The van der Waals surface area contributed by atoms with Crippen molar-refractivity contribution in [3.63, 3.8) is 0 Å². The molecule has 21 heavy (non-hydrogen) atoms. The van der Waals surface area contributed by atoms with E-state index in [4.69, 9.17) is 15.6 Å². The van der Waals surface area contributed by atoms with Gasteiger partial charge in [-0.2, -0.15) is 0 Å². The molecule has 1 atom stereocenters. The molecule has 1 unspecified atom stereocenters. The molecule has 0 spiro atoms. The van der Waals surface area contributed by atoms with E-state index < -0.39 is 5.41 Å². The highest BCUT2D eigenvalue weighted by atomic mass is 16.5. The lowest BCUT2D eigenvalue weighted by Crippen LogP contribution is -2.43. The predicted molar refractivity (Wildman–Crippen MR) is 84.1 cm³/mol. The molecule has 1 aromatic carbocycles. The number of ether oxygens (including phenoxy) is 1. The van der Waals surface area contributed by atoms with Crippen LogP contribution in [0, 0.1) is 6.92 Å². The van der Waals surface area contributed by atoms with E-state index in [1.54, 1.807) is 0 Å². The molecule has 0 amide bonds. The smallest absolute Gasteiger partial charge is 0.317 e. The van der Waals surface area contributed by atoms with Crippen molar-refractivity contribution in [1.82, 2.24) is 0 Å². The quantitative estimate of drug-likeness (QED) is 0.541. The van der Waals surface area contributed by atoms with Crippen LogP contribution in [0.15, 0.2) is 24.3 Å². The van der Waals surface area contributed by atoms with Crippen LogP contribution in [0.1, 0.15) is 43.2 Å². The number of carbonyl (C=O) groups excluding carboxylic acids is 1. The van der Waals surface area contributed by atoms with Crippen LogP contribution in [0.25, 0.3) is 0 Å². The van der Waals surface area contributed by atoms with E-state index in [1.165, 1.54) is 7.11 Å². The van der Waals surface area contributed by atoms with Gasteiger partial charge < -0.3 is 15.6 Å². The van der Waals surface area contributed by atoms with Crippen LogP contribution in [0.4, 0.5) is 0 Å². The lowest BCUT2D eigenvalue weighted by molar-refractivity contribution is -0.147. The molecule has 0 radical (unpaired) electrons. The molecule has 1 rings (SSSR count). The summed E-state index contributed by atoms with van der Waals surface area (Å²) in [6, 6.07) is 7.92. The second-order valence-corrected chi connectivity index (χ2v) is 5.53. The van der Waals surface area contributed by atoms with Crippen LogP contribution < -0.4 is 5.73 Å². The summed E-state index contributed by atoms with van der Waals surface area (Å²) in [5.74, 6) is -0.268. The number of hydrogen-bond acceptors (Lipinski definition) is 4. The summed E-state index contributed by atoms with van der Waals surface area (Å²) in [5.41, 5.74) is 7.26. The SMILES string of the molecule is COC(=O)C(CN)(CCCCCCO)c1ccc(C)cc1. The minimum atomic E-state index is -0.762. The van der Waals surface area contributed by atoms with Crippen molar-refractivity contribution in [2.45, 2.75) is 44.4 Å². The number of hydrogen-bond donors (Lipinski definition) is 2. The molecule has 0 saturated carbocycles. The van der Waals surface area contributed by atoms with Gasteiger partial charge in [0.25, 0.3) is 0 Å². The molecular weight excluding hydrogens is 266 g/mol. The minimum absolute atomic E-state index is 0.219. The number of carbonyl (C=O) groups is 1. The zero-order valence-electron chi connectivity index (χ0n) is 13.1. The van der Waals surface area contributed by atoms with Gasteiger partial charge in [-0.15, -0.1) is 0 Å². The molecule has 0 aromatic heterocycles. The molecule has 118 valence electrons. The van der Waals surface area contributed by atoms with Crippen LogP contribution in [-0.4, -0.2) is 31.3 Å². The average Bonchev–Trinajstić information content (AvgIpc) is 2.51. The third kappa shape index (κ3) is 4.55. The van der Waals surface area contributed by atoms with Crippen LogP contribution in [0.2, 0.25) is 0 Å². The number of rotatable bonds is 9. The first kappa shape index (κ1) is 17.7. The number of methoxy groups -OCH3 is 1. The molecule has 0 heterocycles. The van der Waals surface area contributed by atoms with E-state index in [2.05, 4.69) is 0 Å². The van der Waals surface area contributed by atoms with Crippen molar-refractivity contribution in [1.29, 1.82) is 0 Å². The Morgan fingerprint density at radius 2 is 1.81 bits per heavy atom. The first-order valence-electron chi connectivity index (χ1n) is 7.57. The summed E-state index contributed by atoms with van der Waals surface area (Å²) in [4.78, 5) is 12.3. The zero-order valence-corrected chi connectivity index (χ0v) is 13.1. The first-order valence-corrected chi connectivity index (χ1v) is 7.57. The van der Waals surface area contributed by atoms with Gasteiger partial charge in [-0.05, 0) is 25.3 Å². The van der Waals surface area contributed by atoms with Crippen molar-refractivity contribution in [3.8, 4) is 0 Å². The van der Waals surface area contributed by atoms with E-state index in [1.807, 2.05) is 31.2 Å². The van der Waals surface area contributed by atoms with Gasteiger partial charge in [0.05, 0.1) is 7.11 Å². The van der Waals surface area contributed by atoms with Crippen molar-refractivity contribution in [3.05, 3.63) is 35.4 Å². The molecule has 0 aliphatic carbocycles. The van der Waals surface area contributed by atoms with Gasteiger partial charge in [0.15, 0.2) is 0 Å². The molecule has 0 saturated heterocycles. The second kappa shape index (κ2) is 8.80. The van der Waals surface area contributed by atoms with Crippen LogP contribution in [-0.2, 0) is 14.9 Å². The molecule has 0 fully saturated rings. The lowest BCUT2D eigenvalue weighted by atomic mass is 9.76. The maximum Gasteiger partial charge on any atom is 0.317 e. The highest BCUT2D eigenvalue weighted by Crippen LogP contribution is 2.31. The minimum Gasteiger partial charge on any atom is -0.468 e.